The minimum atomic E-state index is -1.38. The van der Waals surface area contributed by atoms with Crippen molar-refractivity contribution in [3.8, 4) is 44.5 Å². The number of carbonyl (C=O) groups excluding carboxylic acids is 8. The van der Waals surface area contributed by atoms with E-state index < -0.39 is 121 Å². The molecule has 0 aromatic heterocycles. The Balaban J connectivity index is 0.000000178. The number of rotatable bonds is 22. The molecular weight excluding hydrogens is 1460 g/mol. The fourth-order valence-electron chi connectivity index (χ4n) is 13.8. The van der Waals surface area contributed by atoms with Crippen LogP contribution in [0, 0.1) is 0 Å². The Labute approximate surface area is 666 Å². The van der Waals surface area contributed by atoms with Crippen LogP contribution in [0.2, 0.25) is 0 Å². The van der Waals surface area contributed by atoms with Gasteiger partial charge in [-0.25, -0.2) is 38.4 Å². The minimum absolute atomic E-state index is 0.0325. The van der Waals surface area contributed by atoms with Crippen molar-refractivity contribution in [1.82, 2.24) is 19.6 Å². The first-order valence-corrected chi connectivity index (χ1v) is 36.9. The van der Waals surface area contributed by atoms with Crippen LogP contribution in [-0.4, -0.2) is 180 Å². The molecule has 0 aliphatic heterocycles. The second-order valence-electron chi connectivity index (χ2n) is 29.4. The molecule has 0 fully saturated rings. The summed E-state index contributed by atoms with van der Waals surface area (Å²) in [6.07, 6.45) is -4.85. The molecular formula is C90H96N4O20. The van der Waals surface area contributed by atoms with Gasteiger partial charge in [0.2, 0.25) is 0 Å². The summed E-state index contributed by atoms with van der Waals surface area (Å²) in [5, 5.41) is 18.5. The van der Waals surface area contributed by atoms with E-state index in [1.54, 1.807) is 41.5 Å². The number of ether oxygens (including phenoxy) is 8. The largest absolute Gasteiger partial charge is 0.480 e. The van der Waals surface area contributed by atoms with E-state index in [-0.39, 0.29) is 50.1 Å². The number of hydrogen-bond donors (Lipinski definition) is 2. The molecule has 4 amide bonds. The van der Waals surface area contributed by atoms with Crippen LogP contribution < -0.4 is 0 Å². The Kier molecular flexibility index (Phi) is 27.3. The Bertz CT molecular complexity index is 4830. The molecule has 24 heteroatoms. The molecule has 24 nitrogen and oxygen atoms in total. The number of nitrogens with zero attached hydrogens (tertiary/aromatic N) is 4. The number of carboxylic acids is 2. The maximum absolute atomic E-state index is 12.9. The standard InChI is InChI=1S/C26H29NO6.C24H27NO6.C21H21NO4.C19H19NO4/c1-6-31-24(29)22(15-23(28)33-26(2,3)4)27(5)25(30)32-16-21-19-13-9-7-11-17(19)18-12-8-10-14-20(18)21;1-24(2,3)31-21(26)13-20(22(27)28)25(4)23(29)30-14-19-17-11-7-5-9-15(17)16-10-6-8-12-18(16)19;1-4-25-20(23)14(2)22(3)21(24)26-13-19-17-11-7-5-9-15(17)16-10-6-8-12-18(16)19;1-12(18(21)22)20(2)19(23)24-11-17-15-9-5-3-7-13(15)14-8-4-6-10-16(14)17/h6-14,21-22H,1,15-16H2,2-5H3;5-12,19-20H,13-14H2,1-4H3,(H,27,28);4-12,14,19H,1,13H2,2-3H3;3-10,12,17H,11H2,1-2H3,(H,21,22)/t22-;20-;14-;12-/m0000/s1/i6T;;4T;. The lowest BCUT2D eigenvalue weighted by atomic mass is 9.98. The van der Waals surface area contributed by atoms with Gasteiger partial charge < -0.3 is 48.1 Å². The molecule has 0 saturated carbocycles. The molecule has 2 N–H and O–H groups in total. The first-order valence-electron chi connectivity index (χ1n) is 37.9. The van der Waals surface area contributed by atoms with E-state index in [4.69, 9.17) is 41.0 Å². The fraction of sp³-hybridized carbons (Fsp3) is 0.311. The quantitative estimate of drug-likeness (QED) is 0.0362. The van der Waals surface area contributed by atoms with Gasteiger partial charge in [-0.05, 0) is 144 Å². The number of carboxylic acid groups (broad SMARTS) is 2. The molecule has 4 aliphatic carbocycles. The summed E-state index contributed by atoms with van der Waals surface area (Å²) in [5.41, 5.74) is 16.2. The summed E-state index contributed by atoms with van der Waals surface area (Å²) in [7, 11) is 5.53. The van der Waals surface area contributed by atoms with E-state index in [1.165, 1.54) is 42.0 Å². The number of fused-ring (bicyclic) bond motifs is 12. The van der Waals surface area contributed by atoms with Gasteiger partial charge in [0.05, 0.1) is 25.3 Å². The third-order valence-corrected chi connectivity index (χ3v) is 19.8. The monoisotopic (exact) mass is 1560 g/mol. The third-order valence-electron chi connectivity index (χ3n) is 19.8. The molecule has 0 unspecified atom stereocenters. The molecule has 114 heavy (non-hydrogen) atoms. The summed E-state index contributed by atoms with van der Waals surface area (Å²) in [4.78, 5) is 126. The predicted molar refractivity (Wildman–Crippen MR) is 427 cm³/mol. The van der Waals surface area contributed by atoms with Crippen LogP contribution in [0.3, 0.4) is 0 Å². The van der Waals surface area contributed by atoms with Gasteiger partial charge in [0.1, 0.15) is 64.5 Å². The first kappa shape index (κ1) is 82.1. The van der Waals surface area contributed by atoms with Crippen molar-refractivity contribution < 1.29 is 98.8 Å². The Morgan fingerprint density at radius 3 is 0.816 bits per heavy atom. The number of benzene rings is 8. The van der Waals surface area contributed by atoms with Crippen molar-refractivity contribution in [2.75, 3.05) is 54.6 Å². The first-order chi connectivity index (χ1) is 55.0. The summed E-state index contributed by atoms with van der Waals surface area (Å²) in [6.45, 7) is 20.0. The molecule has 0 saturated heterocycles. The summed E-state index contributed by atoms with van der Waals surface area (Å²) in [6, 6.07) is 59.4. The van der Waals surface area contributed by atoms with Crippen LogP contribution in [0.1, 0.15) is 139 Å². The van der Waals surface area contributed by atoms with Gasteiger partial charge in [-0.1, -0.05) is 207 Å². The highest BCUT2D eigenvalue weighted by atomic mass is 16.6. The van der Waals surface area contributed by atoms with Crippen molar-refractivity contribution in [3.63, 3.8) is 0 Å². The molecule has 596 valence electrons. The summed E-state index contributed by atoms with van der Waals surface area (Å²) < 4.78 is 56.2. The molecule has 8 aromatic carbocycles. The smallest absolute Gasteiger partial charge is 0.410 e. The van der Waals surface area contributed by atoms with E-state index >= 15 is 0 Å². The van der Waals surface area contributed by atoms with Gasteiger partial charge in [-0.2, -0.15) is 0 Å². The number of esters is 4. The van der Waals surface area contributed by atoms with Crippen LogP contribution in [0.5, 0.6) is 0 Å². The zero-order valence-corrected chi connectivity index (χ0v) is 65.8. The minimum Gasteiger partial charge on any atom is -0.480 e. The van der Waals surface area contributed by atoms with Crippen LogP contribution in [0.25, 0.3) is 44.5 Å². The average Bonchev–Trinajstić information content (AvgIpc) is 1.64. The molecule has 0 spiro atoms. The lowest BCUT2D eigenvalue weighted by Gasteiger charge is -2.27. The number of aliphatic carboxylic acids is 2. The maximum Gasteiger partial charge on any atom is 0.410 e. The van der Waals surface area contributed by atoms with E-state index in [0.29, 0.717) is 0 Å². The third kappa shape index (κ3) is 20.6. The predicted octanol–water partition coefficient (Wildman–Crippen LogP) is 16.0. The van der Waals surface area contributed by atoms with Crippen LogP contribution in [0.4, 0.5) is 19.2 Å². The number of likely N-dealkylation sites (N-methyl/N-ethyl adjacent to an activating group) is 4. The summed E-state index contributed by atoms with van der Waals surface area (Å²) >= 11 is 0. The molecule has 4 atom stereocenters. The fourth-order valence-corrected chi connectivity index (χ4v) is 13.8. The highest BCUT2D eigenvalue weighted by Crippen LogP contribution is 2.48. The SMILES string of the molecule is CN(C(=O)OCC1c2ccccc2-c2ccccc21)[C@@H](CC(=O)OC(C)(C)C)C(=O)O.C[C@@H](C(=O)O)N(C)C(=O)OCC1c2ccccc2-c2ccccc21.[3H]C(=C)OC(=O)[C@H](C)N(C)C(=O)OCC1c2ccccc2-c2ccccc21.[3H]C(=C)OC(=O)[C@H](CC(=O)OC(C)(C)C)N(C)C(=O)OCC1c2ccccc2-c2ccccc21. The van der Waals surface area contributed by atoms with Gasteiger partial charge in [-0.3, -0.25) is 29.2 Å². The van der Waals surface area contributed by atoms with E-state index in [0.717, 1.165) is 109 Å². The van der Waals surface area contributed by atoms with Crippen molar-refractivity contribution in [1.29, 1.82) is 0 Å². The van der Waals surface area contributed by atoms with Gasteiger partial charge >= 0.3 is 60.2 Å². The Morgan fingerprint density at radius 1 is 0.360 bits per heavy atom. The topological polar surface area (TPSA) is 298 Å². The molecule has 0 heterocycles. The Morgan fingerprint density at radius 2 is 0.579 bits per heavy atom. The van der Waals surface area contributed by atoms with Gasteiger partial charge in [0.15, 0.2) is 0 Å². The molecule has 0 bridgehead atoms. The van der Waals surface area contributed by atoms with Crippen LogP contribution >= 0.6 is 0 Å². The molecule has 8 aromatic rings. The maximum atomic E-state index is 12.9. The average molecular weight is 1560 g/mol. The van der Waals surface area contributed by atoms with Crippen LogP contribution in [0.15, 0.2) is 220 Å². The van der Waals surface area contributed by atoms with Crippen molar-refractivity contribution >= 4 is 60.2 Å². The van der Waals surface area contributed by atoms with E-state index in [2.05, 4.69) is 42.2 Å². The zero-order chi connectivity index (χ0) is 84.6. The van der Waals surface area contributed by atoms with Crippen molar-refractivity contribution in [2.24, 2.45) is 0 Å². The highest BCUT2D eigenvalue weighted by Gasteiger charge is 2.39. The zero-order valence-electron chi connectivity index (χ0n) is 67.8. The second-order valence-corrected chi connectivity index (χ2v) is 29.4. The van der Waals surface area contributed by atoms with Crippen LogP contribution in [-0.2, 0) is 66.7 Å². The molecule has 0 radical (unpaired) electrons. The lowest BCUT2D eigenvalue weighted by Crippen LogP contribution is -2.45. The van der Waals surface area contributed by atoms with Crippen molar-refractivity contribution in [2.45, 2.75) is 127 Å². The van der Waals surface area contributed by atoms with E-state index in [9.17, 15) is 53.1 Å². The van der Waals surface area contributed by atoms with Gasteiger partial charge in [-0.15, -0.1) is 0 Å². The second kappa shape index (κ2) is 37.9. The number of hydrogen-bond acceptors (Lipinski definition) is 18. The van der Waals surface area contributed by atoms with E-state index in [1.807, 2.05) is 170 Å². The van der Waals surface area contributed by atoms with Gasteiger partial charge in [0, 0.05) is 51.9 Å². The highest BCUT2D eigenvalue weighted by molar-refractivity contribution is 5.89. The molecule has 4 aliphatic rings. The number of carbonyl (C=O) groups is 10. The lowest BCUT2D eigenvalue weighted by molar-refractivity contribution is -0.160. The summed E-state index contributed by atoms with van der Waals surface area (Å²) in [5.74, 6) is -5.84. The van der Waals surface area contributed by atoms with Gasteiger partial charge in [0.25, 0.3) is 0 Å². The molecule has 12 rings (SSSR count). The Hall–Kier alpha value is -12.9. The normalized spacial score (nSPS) is 13.8. The number of amides is 4. The van der Waals surface area contributed by atoms with Crippen molar-refractivity contribution in [3.05, 3.63) is 264 Å².